The first kappa shape index (κ1) is 48.4. The highest BCUT2D eigenvalue weighted by molar-refractivity contribution is 5.94. The number of imidazole rings is 1. The molecule has 4 atom stereocenters. The molecule has 2 aromatic carbocycles. The maximum Gasteiger partial charge on any atom is 0.490 e. The van der Waals surface area contributed by atoms with E-state index in [2.05, 4.69) is 46.9 Å². The SMILES string of the molecule is CCOC(=O)CNC(=O)N1CCC(NC(=O)NCCNC(=O)c2nc(NCC(c3ccccc3)c3ccccc3)c3ncn([C@@H]4C[C@H](NC(=O)CC)[C@@H](OC(=O)C(F)(F)F)[C@H]4O)c3n2)CC1. The standard InChI is InChI=1S/C43H52F3N11O9/c1-3-31(58)53-29-21-30(34(60)35(29)66-40(62)43(44,45)46)57-24-51-33-36(49-22-28(25-11-7-5-8-12-25)26-13-9-6-10-14-26)54-37(55-38(33)57)39(61)47-17-18-48-41(63)52-27-15-19-56(20-16-27)42(64)50-23-32(59)65-4-2/h5-14,24,27-30,34-35,60H,3-4,15-23H2,1-2H3,(H,47,61)(H,50,64)(H,53,58)(H2,48,52,63)(H,49,54,55)/t29-,30+,34-,35+/m0/s1. The molecule has 1 saturated carbocycles. The number of nitrogens with one attached hydrogen (secondary N) is 6. The zero-order chi connectivity index (χ0) is 47.4. The topological polar surface area (TPSA) is 260 Å². The monoisotopic (exact) mass is 923 g/mol. The molecule has 1 saturated heterocycles. The molecule has 20 nitrogen and oxygen atoms in total. The number of esters is 2. The Kier molecular flexibility index (Phi) is 16.3. The van der Waals surface area contributed by atoms with E-state index in [1.807, 2.05) is 60.7 Å². The number of anilines is 1. The zero-order valence-corrected chi connectivity index (χ0v) is 36.2. The van der Waals surface area contributed by atoms with Crippen LogP contribution in [0.25, 0.3) is 11.2 Å². The molecule has 0 radical (unpaired) electrons. The molecule has 2 aliphatic rings. The second kappa shape index (κ2) is 22.2. The molecule has 7 N–H and O–H groups in total. The van der Waals surface area contributed by atoms with Gasteiger partial charge >= 0.3 is 30.2 Å². The molecular formula is C43H52F3N11O9. The van der Waals surface area contributed by atoms with Crippen LogP contribution in [0.3, 0.4) is 0 Å². The van der Waals surface area contributed by atoms with Crippen LogP contribution in [0.15, 0.2) is 67.0 Å². The minimum Gasteiger partial charge on any atom is -0.465 e. The Bertz CT molecular complexity index is 2290. The van der Waals surface area contributed by atoms with Crippen LogP contribution in [-0.4, -0.2) is 142 Å². The first-order chi connectivity index (χ1) is 31.7. The van der Waals surface area contributed by atoms with Crippen LogP contribution in [0.1, 0.15) is 73.2 Å². The molecule has 2 aromatic heterocycles. The van der Waals surface area contributed by atoms with Crippen molar-refractivity contribution in [2.75, 3.05) is 51.2 Å². The Balaban J connectivity index is 1.17. The molecule has 1 aliphatic heterocycles. The van der Waals surface area contributed by atoms with Crippen LogP contribution in [0.4, 0.5) is 28.6 Å². The average molecular weight is 924 g/mol. The van der Waals surface area contributed by atoms with Gasteiger partial charge in [0, 0.05) is 51.1 Å². The first-order valence-corrected chi connectivity index (χ1v) is 21.5. The Labute approximate surface area is 376 Å². The van der Waals surface area contributed by atoms with Gasteiger partial charge in [-0.05, 0) is 37.3 Å². The van der Waals surface area contributed by atoms with Crippen molar-refractivity contribution in [1.82, 2.24) is 51.0 Å². The third kappa shape index (κ3) is 12.4. The summed E-state index contributed by atoms with van der Waals surface area (Å²) < 4.78 is 50.9. The van der Waals surface area contributed by atoms with Crippen molar-refractivity contribution in [2.45, 2.75) is 82.0 Å². The average Bonchev–Trinajstić information content (AvgIpc) is 3.87. The number of halogens is 3. The number of nitrogens with zero attached hydrogens (tertiary/aromatic N) is 5. The number of hydrogen-bond acceptors (Lipinski definition) is 13. The van der Waals surface area contributed by atoms with Gasteiger partial charge in [0.2, 0.25) is 11.7 Å². The highest BCUT2D eigenvalue weighted by atomic mass is 19.4. The van der Waals surface area contributed by atoms with Crippen LogP contribution in [0.2, 0.25) is 0 Å². The number of rotatable bonds is 17. The molecule has 0 unspecified atom stereocenters. The van der Waals surface area contributed by atoms with Gasteiger partial charge in [0.15, 0.2) is 17.6 Å². The normalized spacial score (nSPS) is 18.6. The molecule has 0 spiro atoms. The smallest absolute Gasteiger partial charge is 0.465 e. The number of carbonyl (C=O) groups is 6. The number of benzene rings is 2. The lowest BCUT2D eigenvalue weighted by Crippen LogP contribution is -2.52. The summed E-state index contributed by atoms with van der Waals surface area (Å²) in [5, 5.41) is 28.0. The molecule has 6 rings (SSSR count). The number of likely N-dealkylation sites (tertiary alicyclic amines) is 1. The highest BCUT2D eigenvalue weighted by Gasteiger charge is 2.51. The highest BCUT2D eigenvalue weighted by Crippen LogP contribution is 2.37. The third-order valence-corrected chi connectivity index (χ3v) is 11.1. The predicted octanol–water partition coefficient (Wildman–Crippen LogP) is 2.51. The maximum atomic E-state index is 13.7. The Morgan fingerprint density at radius 3 is 2.15 bits per heavy atom. The molecule has 3 heterocycles. The summed E-state index contributed by atoms with van der Waals surface area (Å²) in [6, 6.07) is 15.7. The lowest BCUT2D eigenvalue weighted by Gasteiger charge is -2.32. The quantitative estimate of drug-likeness (QED) is 0.0594. The Hall–Kier alpha value is -7.04. The van der Waals surface area contributed by atoms with Crippen LogP contribution in [0.5, 0.6) is 0 Å². The third-order valence-electron chi connectivity index (χ3n) is 11.1. The van der Waals surface area contributed by atoms with E-state index in [4.69, 9.17) is 9.47 Å². The minimum absolute atomic E-state index is 0.000989. The van der Waals surface area contributed by atoms with Gasteiger partial charge in [-0.3, -0.25) is 14.4 Å². The summed E-state index contributed by atoms with van der Waals surface area (Å²) in [6.45, 7) is 4.01. The van der Waals surface area contributed by atoms with Gasteiger partial charge < -0.3 is 55.9 Å². The van der Waals surface area contributed by atoms with Gasteiger partial charge in [0.05, 0.1) is 25.0 Å². The predicted molar refractivity (Wildman–Crippen MR) is 230 cm³/mol. The number of fused-ring (bicyclic) bond motifs is 1. The van der Waals surface area contributed by atoms with Crippen LogP contribution in [0, 0.1) is 0 Å². The van der Waals surface area contributed by atoms with Crippen molar-refractivity contribution in [1.29, 1.82) is 0 Å². The van der Waals surface area contributed by atoms with Crippen molar-refractivity contribution < 1.29 is 56.5 Å². The van der Waals surface area contributed by atoms with E-state index in [-0.39, 0.29) is 80.4 Å². The number of hydrogen-bond donors (Lipinski definition) is 7. The number of alkyl halides is 3. The van der Waals surface area contributed by atoms with E-state index in [1.54, 1.807) is 6.92 Å². The molecule has 1 aliphatic carbocycles. The number of piperidine rings is 1. The van der Waals surface area contributed by atoms with Gasteiger partial charge in [-0.15, -0.1) is 0 Å². The van der Waals surface area contributed by atoms with Crippen LogP contribution >= 0.6 is 0 Å². The molecule has 2 fully saturated rings. The van der Waals surface area contributed by atoms with Crippen molar-refractivity contribution in [3.05, 3.63) is 83.9 Å². The molecule has 354 valence electrons. The van der Waals surface area contributed by atoms with Crippen LogP contribution < -0.4 is 31.9 Å². The second-order valence-electron chi connectivity index (χ2n) is 15.5. The van der Waals surface area contributed by atoms with E-state index in [0.29, 0.717) is 25.9 Å². The number of aliphatic hydroxyl groups is 1. The molecule has 6 amide bonds. The van der Waals surface area contributed by atoms with Gasteiger partial charge in [0.1, 0.15) is 18.2 Å². The number of amides is 6. The molecule has 0 bridgehead atoms. The molecule has 66 heavy (non-hydrogen) atoms. The van der Waals surface area contributed by atoms with Gasteiger partial charge in [-0.2, -0.15) is 13.2 Å². The number of aromatic nitrogens is 4. The fraction of sp³-hybridized carbons (Fsp3) is 0.465. The first-order valence-electron chi connectivity index (χ1n) is 21.5. The van der Waals surface area contributed by atoms with E-state index in [9.17, 15) is 47.0 Å². The van der Waals surface area contributed by atoms with E-state index < -0.39 is 66.3 Å². The van der Waals surface area contributed by atoms with E-state index in [1.165, 1.54) is 22.7 Å². The van der Waals surface area contributed by atoms with Crippen molar-refractivity contribution in [3.63, 3.8) is 0 Å². The zero-order valence-electron chi connectivity index (χ0n) is 36.2. The minimum atomic E-state index is -5.38. The summed E-state index contributed by atoms with van der Waals surface area (Å²) in [5.74, 6) is -4.86. The number of urea groups is 2. The molecular weight excluding hydrogens is 872 g/mol. The van der Waals surface area contributed by atoms with Gasteiger partial charge in [0.25, 0.3) is 5.91 Å². The number of carbonyl (C=O) groups excluding carboxylic acids is 6. The van der Waals surface area contributed by atoms with Crippen LogP contribution in [-0.2, 0) is 23.9 Å². The second-order valence-corrected chi connectivity index (χ2v) is 15.5. The van der Waals surface area contributed by atoms with Gasteiger partial charge in [-0.1, -0.05) is 67.6 Å². The number of aliphatic hydroxyl groups excluding tert-OH is 1. The summed E-state index contributed by atoms with van der Waals surface area (Å²) in [4.78, 5) is 89.9. The number of ether oxygens (including phenoxy) is 2. The maximum absolute atomic E-state index is 13.7. The van der Waals surface area contributed by atoms with Crippen molar-refractivity contribution in [2.24, 2.45) is 0 Å². The lowest BCUT2D eigenvalue weighted by molar-refractivity contribution is -0.209. The largest absolute Gasteiger partial charge is 0.490 e. The van der Waals surface area contributed by atoms with E-state index >= 15 is 0 Å². The molecule has 23 heteroatoms. The van der Waals surface area contributed by atoms with Crippen molar-refractivity contribution in [3.8, 4) is 0 Å². The Morgan fingerprint density at radius 2 is 1.53 bits per heavy atom. The van der Waals surface area contributed by atoms with Crippen molar-refractivity contribution >= 4 is 52.8 Å². The summed E-state index contributed by atoms with van der Waals surface area (Å²) in [6.07, 6.45) is -7.01. The summed E-state index contributed by atoms with van der Waals surface area (Å²) >= 11 is 0. The summed E-state index contributed by atoms with van der Waals surface area (Å²) in [5.41, 5.74) is 2.08. The Morgan fingerprint density at radius 1 is 0.879 bits per heavy atom. The summed E-state index contributed by atoms with van der Waals surface area (Å²) in [7, 11) is 0. The molecule has 4 aromatic rings. The van der Waals surface area contributed by atoms with Gasteiger partial charge in [-0.25, -0.2) is 29.3 Å². The fourth-order valence-electron chi connectivity index (χ4n) is 7.81. The lowest BCUT2D eigenvalue weighted by atomic mass is 9.91. The fourth-order valence-corrected chi connectivity index (χ4v) is 7.81. The van der Waals surface area contributed by atoms with E-state index in [0.717, 1.165) is 11.1 Å².